The molecule has 0 bridgehead atoms. The van der Waals surface area contributed by atoms with Crippen LogP contribution < -0.4 is 15.2 Å². The molecular formula is C15H21N3O3. The number of hydrogen-bond donors (Lipinski definition) is 2. The monoisotopic (exact) mass is 291 g/mol. The highest BCUT2D eigenvalue weighted by Gasteiger charge is 2.14. The molecular weight excluding hydrogens is 270 g/mol. The molecule has 1 unspecified atom stereocenters. The second kappa shape index (κ2) is 7.10. The van der Waals surface area contributed by atoms with Crippen molar-refractivity contribution in [1.82, 2.24) is 9.97 Å². The van der Waals surface area contributed by atoms with Gasteiger partial charge in [0.25, 0.3) is 0 Å². The van der Waals surface area contributed by atoms with Gasteiger partial charge in [0.1, 0.15) is 17.3 Å². The van der Waals surface area contributed by atoms with Crippen molar-refractivity contribution in [1.29, 1.82) is 0 Å². The Hall–Kier alpha value is -2.05. The van der Waals surface area contributed by atoms with E-state index < -0.39 is 0 Å². The number of ether oxygens (including phenoxy) is 3. The summed E-state index contributed by atoms with van der Waals surface area (Å²) < 4.78 is 15.7. The van der Waals surface area contributed by atoms with Crippen LogP contribution in [-0.2, 0) is 4.74 Å². The van der Waals surface area contributed by atoms with Gasteiger partial charge in [-0.1, -0.05) is 0 Å². The largest absolute Gasteiger partial charge is 0.497 e. The number of hydrogen-bond acceptors (Lipinski definition) is 5. The lowest BCUT2D eigenvalue weighted by atomic mass is 10.1. The second-order valence-electron chi connectivity index (χ2n) is 4.64. The van der Waals surface area contributed by atoms with Crippen LogP contribution in [0.25, 0.3) is 11.3 Å². The summed E-state index contributed by atoms with van der Waals surface area (Å²) in [6.07, 6.45) is 2.46. The number of methoxy groups -OCH3 is 3. The third-order valence-electron chi connectivity index (χ3n) is 3.28. The molecule has 0 spiro atoms. The average Bonchev–Trinajstić information content (AvgIpc) is 3.01. The van der Waals surface area contributed by atoms with E-state index in [9.17, 15) is 0 Å². The van der Waals surface area contributed by atoms with Crippen molar-refractivity contribution in [3.05, 3.63) is 30.2 Å². The van der Waals surface area contributed by atoms with Gasteiger partial charge < -0.3 is 24.9 Å². The first kappa shape index (κ1) is 15.3. The van der Waals surface area contributed by atoms with E-state index >= 15 is 0 Å². The zero-order valence-corrected chi connectivity index (χ0v) is 12.6. The highest BCUT2D eigenvalue weighted by Crippen LogP contribution is 2.32. The number of aromatic amines is 1. The zero-order chi connectivity index (χ0) is 15.2. The van der Waals surface area contributed by atoms with Crippen LogP contribution in [0, 0.1) is 0 Å². The van der Waals surface area contributed by atoms with Crippen molar-refractivity contribution in [2.75, 3.05) is 27.9 Å². The Bertz CT molecular complexity index is 583. The van der Waals surface area contributed by atoms with Gasteiger partial charge in [0.05, 0.1) is 32.2 Å². The maximum Gasteiger partial charge on any atom is 0.128 e. The maximum absolute atomic E-state index is 6.07. The molecule has 0 aliphatic carbocycles. The first-order valence-electron chi connectivity index (χ1n) is 6.71. The van der Waals surface area contributed by atoms with Crippen LogP contribution >= 0.6 is 0 Å². The fraction of sp³-hybridized carbons (Fsp3) is 0.400. The average molecular weight is 291 g/mol. The van der Waals surface area contributed by atoms with Gasteiger partial charge in [0.15, 0.2) is 0 Å². The van der Waals surface area contributed by atoms with Crippen molar-refractivity contribution < 1.29 is 14.2 Å². The third kappa shape index (κ3) is 3.53. The van der Waals surface area contributed by atoms with E-state index in [0.29, 0.717) is 13.0 Å². The number of aromatic nitrogens is 2. The topological polar surface area (TPSA) is 82.4 Å². The SMILES string of the molecule is COCCC(N)c1ncc(-c2cc(OC)ccc2OC)[nH]1. The van der Waals surface area contributed by atoms with Crippen molar-refractivity contribution in [3.63, 3.8) is 0 Å². The van der Waals surface area contributed by atoms with E-state index in [2.05, 4.69) is 9.97 Å². The van der Waals surface area contributed by atoms with Gasteiger partial charge in [-0.25, -0.2) is 4.98 Å². The number of benzene rings is 1. The smallest absolute Gasteiger partial charge is 0.128 e. The maximum atomic E-state index is 6.07. The first-order valence-corrected chi connectivity index (χ1v) is 6.71. The highest BCUT2D eigenvalue weighted by atomic mass is 16.5. The van der Waals surface area contributed by atoms with Gasteiger partial charge in [-0.3, -0.25) is 0 Å². The van der Waals surface area contributed by atoms with Gasteiger partial charge in [0, 0.05) is 19.3 Å². The third-order valence-corrected chi connectivity index (χ3v) is 3.28. The van der Waals surface area contributed by atoms with Gasteiger partial charge in [-0.15, -0.1) is 0 Å². The zero-order valence-electron chi connectivity index (χ0n) is 12.6. The molecule has 1 atom stereocenters. The minimum absolute atomic E-state index is 0.185. The summed E-state index contributed by atoms with van der Waals surface area (Å²) in [5, 5.41) is 0. The molecule has 2 rings (SSSR count). The Labute approximate surface area is 124 Å². The summed E-state index contributed by atoms with van der Waals surface area (Å²) in [6, 6.07) is 5.43. The summed E-state index contributed by atoms with van der Waals surface area (Å²) in [5.74, 6) is 2.23. The van der Waals surface area contributed by atoms with Crippen molar-refractivity contribution >= 4 is 0 Å². The van der Waals surface area contributed by atoms with Gasteiger partial charge in [-0.05, 0) is 24.6 Å². The molecule has 1 aromatic heterocycles. The van der Waals surface area contributed by atoms with E-state index in [0.717, 1.165) is 28.6 Å². The Morgan fingerprint density at radius 1 is 1.24 bits per heavy atom. The van der Waals surface area contributed by atoms with E-state index in [1.165, 1.54) is 0 Å². The Balaban J connectivity index is 2.28. The molecule has 0 aliphatic rings. The fourth-order valence-electron chi connectivity index (χ4n) is 2.07. The number of H-pyrrole nitrogens is 1. The lowest BCUT2D eigenvalue weighted by Gasteiger charge is -2.10. The Kier molecular flexibility index (Phi) is 5.19. The van der Waals surface area contributed by atoms with Crippen LogP contribution in [0.3, 0.4) is 0 Å². The van der Waals surface area contributed by atoms with E-state index in [1.54, 1.807) is 27.5 Å². The Morgan fingerprint density at radius 2 is 2.05 bits per heavy atom. The Morgan fingerprint density at radius 3 is 2.71 bits per heavy atom. The molecule has 6 heteroatoms. The van der Waals surface area contributed by atoms with E-state index in [1.807, 2.05) is 18.2 Å². The molecule has 3 N–H and O–H groups in total. The minimum atomic E-state index is -0.185. The van der Waals surface area contributed by atoms with Crippen LogP contribution in [0.4, 0.5) is 0 Å². The lowest BCUT2D eigenvalue weighted by Crippen LogP contribution is -2.14. The standard InChI is InChI=1S/C15H21N3O3/c1-19-7-6-12(16)15-17-9-13(18-15)11-8-10(20-2)4-5-14(11)21-3/h4-5,8-9,12H,6-7,16H2,1-3H3,(H,17,18). The summed E-state index contributed by atoms with van der Waals surface area (Å²) in [5.41, 5.74) is 7.79. The number of rotatable bonds is 7. The molecule has 21 heavy (non-hydrogen) atoms. The number of nitrogens with two attached hydrogens (primary N) is 1. The first-order chi connectivity index (χ1) is 10.2. The molecule has 0 amide bonds. The normalized spacial score (nSPS) is 12.2. The second-order valence-corrected chi connectivity index (χ2v) is 4.64. The fourth-order valence-corrected chi connectivity index (χ4v) is 2.07. The molecule has 114 valence electrons. The van der Waals surface area contributed by atoms with Crippen LogP contribution in [0.5, 0.6) is 11.5 Å². The molecule has 1 heterocycles. The van der Waals surface area contributed by atoms with E-state index in [-0.39, 0.29) is 6.04 Å². The number of nitrogens with zero attached hydrogens (tertiary/aromatic N) is 1. The summed E-state index contributed by atoms with van der Waals surface area (Å²) in [6.45, 7) is 0.597. The molecule has 6 nitrogen and oxygen atoms in total. The molecule has 2 aromatic rings. The minimum Gasteiger partial charge on any atom is -0.497 e. The van der Waals surface area contributed by atoms with E-state index in [4.69, 9.17) is 19.9 Å². The quantitative estimate of drug-likeness (QED) is 0.816. The molecule has 0 radical (unpaired) electrons. The predicted molar refractivity (Wildman–Crippen MR) is 80.5 cm³/mol. The molecule has 0 saturated heterocycles. The molecule has 0 aliphatic heterocycles. The predicted octanol–water partition coefficient (Wildman–Crippen LogP) is 2.13. The van der Waals surface area contributed by atoms with Crippen LogP contribution in [0.15, 0.2) is 24.4 Å². The molecule has 1 aromatic carbocycles. The van der Waals surface area contributed by atoms with Crippen molar-refractivity contribution in [2.24, 2.45) is 5.73 Å². The summed E-state index contributed by atoms with van der Waals surface area (Å²) >= 11 is 0. The van der Waals surface area contributed by atoms with Gasteiger partial charge in [-0.2, -0.15) is 0 Å². The van der Waals surface area contributed by atoms with Gasteiger partial charge in [0.2, 0.25) is 0 Å². The lowest BCUT2D eigenvalue weighted by molar-refractivity contribution is 0.187. The molecule has 0 fully saturated rings. The van der Waals surface area contributed by atoms with Crippen LogP contribution in [0.2, 0.25) is 0 Å². The number of nitrogens with one attached hydrogen (secondary N) is 1. The highest BCUT2D eigenvalue weighted by molar-refractivity contribution is 5.68. The van der Waals surface area contributed by atoms with Gasteiger partial charge >= 0.3 is 0 Å². The van der Waals surface area contributed by atoms with Crippen molar-refractivity contribution in [3.8, 4) is 22.8 Å². The number of imidazole rings is 1. The molecule has 0 saturated carbocycles. The van der Waals surface area contributed by atoms with Crippen LogP contribution in [-0.4, -0.2) is 37.9 Å². The van der Waals surface area contributed by atoms with Crippen molar-refractivity contribution in [2.45, 2.75) is 12.5 Å². The summed E-state index contributed by atoms with van der Waals surface area (Å²) in [7, 11) is 4.92. The van der Waals surface area contributed by atoms with Crippen LogP contribution in [0.1, 0.15) is 18.3 Å². The summed E-state index contributed by atoms with van der Waals surface area (Å²) in [4.78, 5) is 7.58.